The van der Waals surface area contributed by atoms with E-state index in [-0.39, 0.29) is 11.5 Å². The summed E-state index contributed by atoms with van der Waals surface area (Å²) < 4.78 is 5.65. The van der Waals surface area contributed by atoms with Gasteiger partial charge < -0.3 is 9.84 Å². The molecule has 27 heavy (non-hydrogen) atoms. The van der Waals surface area contributed by atoms with Crippen LogP contribution in [0.5, 0.6) is 5.75 Å². The van der Waals surface area contributed by atoms with Gasteiger partial charge in [-0.15, -0.1) is 0 Å². The number of methoxy groups -OCH3 is 1. The average molecular weight is 390 g/mol. The van der Waals surface area contributed by atoms with Gasteiger partial charge in [0, 0.05) is 23.5 Å². The molecule has 1 aliphatic heterocycles. The first-order chi connectivity index (χ1) is 12.9. The minimum Gasteiger partial charge on any atom is -0.496 e. The van der Waals surface area contributed by atoms with E-state index in [4.69, 9.17) is 16.3 Å². The summed E-state index contributed by atoms with van der Waals surface area (Å²) in [6.07, 6.45) is 8.78. The fourth-order valence-electron chi connectivity index (χ4n) is 4.82. The molecule has 0 bridgehead atoms. The molecule has 0 aromatic heterocycles. The van der Waals surface area contributed by atoms with E-state index >= 15 is 0 Å². The van der Waals surface area contributed by atoms with Crippen molar-refractivity contribution in [3.8, 4) is 5.75 Å². The van der Waals surface area contributed by atoms with Crippen LogP contribution < -0.4 is 4.74 Å². The Hall–Kier alpha value is -1.29. The molecule has 1 aliphatic carbocycles. The quantitative estimate of drug-likeness (QED) is 0.740. The van der Waals surface area contributed by atoms with Gasteiger partial charge in [0.05, 0.1) is 13.2 Å². The van der Waals surface area contributed by atoms with Crippen molar-refractivity contribution in [1.29, 1.82) is 0 Å². The largest absolute Gasteiger partial charge is 0.496 e. The second-order valence-electron chi connectivity index (χ2n) is 8.02. The molecule has 0 amide bonds. The van der Waals surface area contributed by atoms with Gasteiger partial charge in [-0.2, -0.15) is 0 Å². The number of aliphatic hydroxyl groups excluding tert-OH is 1. The molecule has 0 radical (unpaired) electrons. The van der Waals surface area contributed by atoms with Crippen molar-refractivity contribution in [2.24, 2.45) is 5.92 Å². The Balaban J connectivity index is 2.07. The van der Waals surface area contributed by atoms with Gasteiger partial charge in [0.25, 0.3) is 0 Å². The highest BCUT2D eigenvalue weighted by Crippen LogP contribution is 2.48. The van der Waals surface area contributed by atoms with Gasteiger partial charge in [-0.3, -0.25) is 4.90 Å². The third kappa shape index (κ3) is 3.96. The Bertz CT molecular complexity index is 742. The average Bonchev–Trinajstić information content (AvgIpc) is 2.81. The molecule has 3 rings (SSSR count). The van der Waals surface area contributed by atoms with Crippen molar-refractivity contribution < 1.29 is 9.84 Å². The zero-order valence-electron chi connectivity index (χ0n) is 17.0. The van der Waals surface area contributed by atoms with Crippen LogP contribution in [0, 0.1) is 12.8 Å². The van der Waals surface area contributed by atoms with Gasteiger partial charge in [-0.25, -0.2) is 0 Å². The van der Waals surface area contributed by atoms with E-state index in [0.29, 0.717) is 5.92 Å². The Morgan fingerprint density at radius 2 is 2.22 bits per heavy atom. The van der Waals surface area contributed by atoms with Crippen LogP contribution in [0.1, 0.15) is 49.8 Å². The number of hydrogen-bond acceptors (Lipinski definition) is 3. The highest BCUT2D eigenvalue weighted by atomic mass is 35.5. The van der Waals surface area contributed by atoms with E-state index in [2.05, 4.69) is 50.0 Å². The molecule has 1 aromatic carbocycles. The molecule has 3 nitrogen and oxygen atoms in total. The lowest BCUT2D eigenvalue weighted by atomic mass is 9.62. The lowest BCUT2D eigenvalue weighted by molar-refractivity contribution is 0.145. The predicted octanol–water partition coefficient (Wildman–Crippen LogP) is 4.94. The van der Waals surface area contributed by atoms with Crippen LogP contribution in [0.3, 0.4) is 0 Å². The van der Waals surface area contributed by atoms with E-state index in [0.717, 1.165) is 49.7 Å². The first-order valence-electron chi connectivity index (χ1n) is 10.0. The maximum atomic E-state index is 10.2. The molecule has 0 saturated heterocycles. The Labute approximate surface area is 168 Å². The molecule has 2 aliphatic rings. The first kappa shape index (κ1) is 20.4. The van der Waals surface area contributed by atoms with Crippen LogP contribution in [-0.4, -0.2) is 36.3 Å². The smallest absolute Gasteiger partial charge is 0.122 e. The van der Waals surface area contributed by atoms with Crippen LogP contribution in [0.15, 0.2) is 35.4 Å². The summed E-state index contributed by atoms with van der Waals surface area (Å²) in [4.78, 5) is 2.48. The highest BCUT2D eigenvalue weighted by Gasteiger charge is 2.43. The third-order valence-electron chi connectivity index (χ3n) is 6.42. The number of fused-ring (bicyclic) bond motifs is 2. The summed E-state index contributed by atoms with van der Waals surface area (Å²) in [5.41, 5.74) is 3.93. The maximum absolute atomic E-state index is 10.2. The lowest BCUT2D eigenvalue weighted by Crippen LogP contribution is -2.39. The summed E-state index contributed by atoms with van der Waals surface area (Å²) in [7, 11) is 1.74. The van der Waals surface area contributed by atoms with Crippen LogP contribution in [0.25, 0.3) is 0 Å². The number of nitrogens with zero attached hydrogens (tertiary/aromatic N) is 1. The minimum atomic E-state index is -0.342. The van der Waals surface area contributed by atoms with Gasteiger partial charge in [-0.05, 0) is 61.4 Å². The highest BCUT2D eigenvalue weighted by molar-refractivity contribution is 6.29. The van der Waals surface area contributed by atoms with Gasteiger partial charge in [0.1, 0.15) is 5.75 Å². The van der Waals surface area contributed by atoms with Gasteiger partial charge in [0.15, 0.2) is 0 Å². The molecule has 0 unspecified atom stereocenters. The van der Waals surface area contributed by atoms with Crippen molar-refractivity contribution in [1.82, 2.24) is 4.90 Å². The predicted molar refractivity (Wildman–Crippen MR) is 112 cm³/mol. The standard InChI is InChI=1S/C23H32ClNO2/c1-5-19(24)9-12-25-13-11-23(10-8-20(26)14-16(23)2)22-17(3)21(27-4)7-6-18(22)15-25/h6-10,16,20,26H,5,11-15H2,1-4H3/b19-9-/t16-,20+,23-/m0/s1. The molecular weight excluding hydrogens is 358 g/mol. The summed E-state index contributed by atoms with van der Waals surface area (Å²) in [5, 5.41) is 11.1. The molecule has 4 heteroatoms. The van der Waals surface area contributed by atoms with Gasteiger partial charge in [-0.1, -0.05) is 49.7 Å². The second-order valence-corrected chi connectivity index (χ2v) is 8.51. The summed E-state index contributed by atoms with van der Waals surface area (Å²) in [5.74, 6) is 1.32. The summed E-state index contributed by atoms with van der Waals surface area (Å²) in [6, 6.07) is 4.31. The van der Waals surface area contributed by atoms with Crippen LogP contribution in [0.2, 0.25) is 0 Å². The van der Waals surface area contributed by atoms with E-state index in [1.165, 1.54) is 16.7 Å². The van der Waals surface area contributed by atoms with Gasteiger partial charge in [0.2, 0.25) is 0 Å². The van der Waals surface area contributed by atoms with Crippen molar-refractivity contribution in [2.75, 3.05) is 20.2 Å². The number of ether oxygens (including phenoxy) is 1. The van der Waals surface area contributed by atoms with Crippen molar-refractivity contribution >= 4 is 11.6 Å². The zero-order chi connectivity index (χ0) is 19.6. The Morgan fingerprint density at radius 3 is 2.89 bits per heavy atom. The van der Waals surface area contributed by atoms with Crippen molar-refractivity contribution in [3.05, 3.63) is 52.1 Å². The lowest BCUT2D eigenvalue weighted by Gasteiger charge is -2.42. The number of aliphatic hydroxyl groups is 1. The van der Waals surface area contributed by atoms with Crippen LogP contribution >= 0.6 is 11.6 Å². The molecule has 0 saturated carbocycles. The minimum absolute atomic E-state index is 0.0554. The van der Waals surface area contributed by atoms with E-state index < -0.39 is 0 Å². The zero-order valence-corrected chi connectivity index (χ0v) is 17.7. The van der Waals surface area contributed by atoms with E-state index in [9.17, 15) is 5.11 Å². The molecule has 148 valence electrons. The molecule has 1 spiro atoms. The van der Waals surface area contributed by atoms with E-state index in [1.807, 2.05) is 6.08 Å². The molecule has 3 atom stereocenters. The molecule has 1 heterocycles. The monoisotopic (exact) mass is 389 g/mol. The fourth-order valence-corrected chi connectivity index (χ4v) is 4.89. The number of hydrogen-bond donors (Lipinski definition) is 1. The first-order valence-corrected chi connectivity index (χ1v) is 10.4. The van der Waals surface area contributed by atoms with Crippen LogP contribution in [0.4, 0.5) is 0 Å². The van der Waals surface area contributed by atoms with Crippen molar-refractivity contribution in [3.63, 3.8) is 0 Å². The molecular formula is C23H32ClNO2. The van der Waals surface area contributed by atoms with Crippen molar-refractivity contribution in [2.45, 2.75) is 58.1 Å². The number of halogens is 1. The Kier molecular flexibility index (Phi) is 6.35. The summed E-state index contributed by atoms with van der Waals surface area (Å²) >= 11 is 6.25. The number of benzene rings is 1. The normalized spacial score (nSPS) is 28.9. The molecule has 1 aromatic rings. The maximum Gasteiger partial charge on any atom is 0.122 e. The fraction of sp³-hybridized carbons (Fsp3) is 0.565. The van der Waals surface area contributed by atoms with Gasteiger partial charge >= 0.3 is 0 Å². The topological polar surface area (TPSA) is 32.7 Å². The Morgan fingerprint density at radius 1 is 1.44 bits per heavy atom. The SMILES string of the molecule is CC/C(Cl)=C/CN1CC[C@]2(C=C[C@@H](O)C[C@@H]2C)c2c(ccc(OC)c2C)C1. The number of allylic oxidation sites excluding steroid dienone is 2. The third-order valence-corrected chi connectivity index (χ3v) is 6.84. The van der Waals surface area contributed by atoms with Crippen LogP contribution in [-0.2, 0) is 12.0 Å². The molecule has 1 N–H and O–H groups in total. The van der Waals surface area contributed by atoms with E-state index in [1.54, 1.807) is 7.11 Å². The molecule has 0 fully saturated rings. The summed E-state index contributed by atoms with van der Waals surface area (Å²) in [6.45, 7) is 9.32. The number of rotatable bonds is 4. The second kappa shape index (κ2) is 8.38.